The number of hydrogen-bond acceptors (Lipinski definition) is 4. The molecule has 0 saturated carbocycles. The van der Waals surface area contributed by atoms with Gasteiger partial charge in [-0.2, -0.15) is 0 Å². The third-order valence-electron chi connectivity index (χ3n) is 3.36. The van der Waals surface area contributed by atoms with Gasteiger partial charge in [0.05, 0.1) is 13.2 Å². The molecule has 1 aliphatic rings. The van der Waals surface area contributed by atoms with Crippen LogP contribution in [0.4, 0.5) is 4.39 Å². The number of ether oxygens (including phenoxy) is 3. The zero-order valence-corrected chi connectivity index (χ0v) is 12.7. The fourth-order valence-corrected chi connectivity index (χ4v) is 2.21. The largest absolute Gasteiger partial charge is 0.463 e. The zero-order chi connectivity index (χ0) is 15.8. The molecule has 5 heteroatoms. The lowest BCUT2D eigenvalue weighted by Crippen LogP contribution is -2.22. The van der Waals surface area contributed by atoms with E-state index in [0.29, 0.717) is 24.3 Å². The molecule has 0 radical (unpaired) electrons. The van der Waals surface area contributed by atoms with Crippen LogP contribution in [-0.4, -0.2) is 25.5 Å². The van der Waals surface area contributed by atoms with Gasteiger partial charge in [-0.05, 0) is 32.3 Å². The Hall–Kier alpha value is -1.72. The number of esters is 1. The van der Waals surface area contributed by atoms with Gasteiger partial charge < -0.3 is 14.2 Å². The number of halogens is 1. The van der Waals surface area contributed by atoms with Crippen LogP contribution in [0.1, 0.15) is 37.3 Å². The molecule has 0 spiro atoms. The van der Waals surface area contributed by atoms with E-state index in [-0.39, 0.29) is 18.7 Å². The summed E-state index contributed by atoms with van der Waals surface area (Å²) in [6.07, 6.45) is 5.32. The Balaban J connectivity index is 1.97. The molecule has 4 nitrogen and oxygen atoms in total. The summed E-state index contributed by atoms with van der Waals surface area (Å²) in [5.41, 5.74) is 0.777. The molecule has 0 aromatic heterocycles. The highest BCUT2D eigenvalue weighted by molar-refractivity contribution is 5.87. The van der Waals surface area contributed by atoms with Crippen molar-refractivity contribution in [1.29, 1.82) is 0 Å². The van der Waals surface area contributed by atoms with Gasteiger partial charge in [-0.1, -0.05) is 18.2 Å². The van der Waals surface area contributed by atoms with E-state index in [1.165, 1.54) is 12.2 Å². The third-order valence-corrected chi connectivity index (χ3v) is 3.36. The van der Waals surface area contributed by atoms with Gasteiger partial charge in [0.1, 0.15) is 5.82 Å². The Kier molecular flexibility index (Phi) is 6.55. The number of benzene rings is 1. The first-order chi connectivity index (χ1) is 10.7. The summed E-state index contributed by atoms with van der Waals surface area (Å²) in [6.45, 7) is 2.85. The highest BCUT2D eigenvalue weighted by Crippen LogP contribution is 2.19. The maximum atomic E-state index is 14.3. The summed E-state index contributed by atoms with van der Waals surface area (Å²) in [5, 5.41) is 0. The van der Waals surface area contributed by atoms with Crippen molar-refractivity contribution in [2.45, 2.75) is 39.1 Å². The van der Waals surface area contributed by atoms with Crippen LogP contribution < -0.4 is 0 Å². The van der Waals surface area contributed by atoms with Crippen LogP contribution in [0.15, 0.2) is 24.3 Å². The Morgan fingerprint density at radius 2 is 2.32 bits per heavy atom. The first kappa shape index (κ1) is 16.6. The number of hydrogen-bond donors (Lipinski definition) is 0. The molecule has 1 fully saturated rings. The molecule has 1 saturated heterocycles. The topological polar surface area (TPSA) is 44.8 Å². The van der Waals surface area contributed by atoms with Crippen LogP contribution in [0.5, 0.6) is 0 Å². The van der Waals surface area contributed by atoms with E-state index in [9.17, 15) is 9.18 Å². The summed E-state index contributed by atoms with van der Waals surface area (Å²) in [6, 6.07) is 5.00. The molecule has 1 aromatic rings. The van der Waals surface area contributed by atoms with E-state index in [1.807, 2.05) is 0 Å². The van der Waals surface area contributed by atoms with Gasteiger partial charge in [0.25, 0.3) is 0 Å². The highest BCUT2D eigenvalue weighted by Gasteiger charge is 2.15. The Morgan fingerprint density at radius 3 is 3.05 bits per heavy atom. The van der Waals surface area contributed by atoms with Crippen LogP contribution in [0, 0.1) is 5.82 Å². The normalized spacial score (nSPS) is 18.5. The second kappa shape index (κ2) is 8.66. The fourth-order valence-electron chi connectivity index (χ4n) is 2.21. The van der Waals surface area contributed by atoms with Crippen LogP contribution >= 0.6 is 0 Å². The summed E-state index contributed by atoms with van der Waals surface area (Å²) in [5.74, 6) is -0.877. The molecular formula is C17H21FO4. The fraction of sp³-hybridized carbons (Fsp3) is 0.471. The van der Waals surface area contributed by atoms with E-state index in [0.717, 1.165) is 19.3 Å². The molecular weight excluding hydrogens is 287 g/mol. The van der Waals surface area contributed by atoms with Crippen molar-refractivity contribution in [3.8, 4) is 0 Å². The van der Waals surface area contributed by atoms with E-state index in [1.54, 1.807) is 25.1 Å². The van der Waals surface area contributed by atoms with Crippen molar-refractivity contribution in [1.82, 2.24) is 0 Å². The number of carbonyl (C=O) groups excluding carboxylic acids is 1. The third kappa shape index (κ3) is 4.93. The standard InChI is InChI=1S/C17H21FO4/c1-2-20-15(19)10-9-13-6-5-7-14(17(13)18)12-22-16-8-3-4-11-21-16/h5-7,9-10,16H,2-4,8,11-12H2,1H3/b10-9+. The molecule has 0 amide bonds. The monoisotopic (exact) mass is 308 g/mol. The van der Waals surface area contributed by atoms with Gasteiger partial charge in [-0.25, -0.2) is 9.18 Å². The molecule has 0 aliphatic carbocycles. The quantitative estimate of drug-likeness (QED) is 0.596. The maximum absolute atomic E-state index is 14.3. The van der Waals surface area contributed by atoms with Gasteiger partial charge in [0.15, 0.2) is 6.29 Å². The number of rotatable bonds is 6. The molecule has 1 aliphatic heterocycles. The van der Waals surface area contributed by atoms with Crippen molar-refractivity contribution in [2.75, 3.05) is 13.2 Å². The van der Waals surface area contributed by atoms with E-state index < -0.39 is 5.97 Å². The lowest BCUT2D eigenvalue weighted by molar-refractivity contribution is -0.169. The summed E-state index contributed by atoms with van der Waals surface area (Å²) in [4.78, 5) is 11.3. The van der Waals surface area contributed by atoms with Crippen molar-refractivity contribution in [3.05, 3.63) is 41.2 Å². The van der Waals surface area contributed by atoms with Crippen molar-refractivity contribution in [3.63, 3.8) is 0 Å². The van der Waals surface area contributed by atoms with Crippen LogP contribution in [-0.2, 0) is 25.6 Å². The molecule has 1 aromatic carbocycles. The Labute approximate surface area is 129 Å². The summed E-state index contributed by atoms with van der Waals surface area (Å²) in [7, 11) is 0. The Morgan fingerprint density at radius 1 is 1.45 bits per heavy atom. The van der Waals surface area contributed by atoms with Gasteiger partial charge in [0.2, 0.25) is 0 Å². The second-order valence-electron chi connectivity index (χ2n) is 5.01. The highest BCUT2D eigenvalue weighted by atomic mass is 19.1. The zero-order valence-electron chi connectivity index (χ0n) is 12.7. The predicted molar refractivity (Wildman–Crippen MR) is 80.4 cm³/mol. The first-order valence-electron chi connectivity index (χ1n) is 7.56. The van der Waals surface area contributed by atoms with Crippen molar-refractivity contribution in [2.24, 2.45) is 0 Å². The molecule has 0 N–H and O–H groups in total. The van der Waals surface area contributed by atoms with Crippen molar-refractivity contribution < 1.29 is 23.4 Å². The van der Waals surface area contributed by atoms with E-state index in [4.69, 9.17) is 14.2 Å². The van der Waals surface area contributed by atoms with Crippen LogP contribution in [0.3, 0.4) is 0 Å². The van der Waals surface area contributed by atoms with Gasteiger partial charge in [-0.3, -0.25) is 0 Å². The molecule has 1 unspecified atom stereocenters. The van der Waals surface area contributed by atoms with Gasteiger partial charge >= 0.3 is 5.97 Å². The molecule has 120 valence electrons. The SMILES string of the molecule is CCOC(=O)/C=C/c1cccc(COC2CCCCO2)c1F. The molecule has 1 atom stereocenters. The average molecular weight is 308 g/mol. The average Bonchev–Trinajstić information content (AvgIpc) is 2.54. The molecule has 1 heterocycles. The molecule has 2 rings (SSSR count). The first-order valence-corrected chi connectivity index (χ1v) is 7.56. The van der Waals surface area contributed by atoms with Crippen molar-refractivity contribution >= 4 is 12.0 Å². The molecule has 22 heavy (non-hydrogen) atoms. The second-order valence-corrected chi connectivity index (χ2v) is 5.01. The Bertz CT molecular complexity index is 521. The van der Waals surface area contributed by atoms with Crippen LogP contribution in [0.2, 0.25) is 0 Å². The maximum Gasteiger partial charge on any atom is 0.330 e. The van der Waals surface area contributed by atoms with Crippen LogP contribution in [0.25, 0.3) is 6.08 Å². The lowest BCUT2D eigenvalue weighted by atomic mass is 10.1. The predicted octanol–water partition coefficient (Wildman–Crippen LogP) is 3.45. The summed E-state index contributed by atoms with van der Waals surface area (Å²) < 4.78 is 30.2. The number of carbonyl (C=O) groups is 1. The smallest absolute Gasteiger partial charge is 0.330 e. The summed E-state index contributed by atoms with van der Waals surface area (Å²) >= 11 is 0. The molecule has 0 bridgehead atoms. The van der Waals surface area contributed by atoms with E-state index in [2.05, 4.69) is 0 Å². The lowest BCUT2D eigenvalue weighted by Gasteiger charge is -2.22. The minimum atomic E-state index is -0.487. The van der Waals surface area contributed by atoms with Gasteiger partial charge in [0, 0.05) is 23.8 Å². The minimum absolute atomic E-state index is 0.150. The minimum Gasteiger partial charge on any atom is -0.463 e. The van der Waals surface area contributed by atoms with Gasteiger partial charge in [-0.15, -0.1) is 0 Å². The van der Waals surface area contributed by atoms with E-state index >= 15 is 0 Å².